The second kappa shape index (κ2) is 13.3. The second-order valence-electron chi connectivity index (χ2n) is 10.4. The number of imide groups is 1. The van der Waals surface area contributed by atoms with Crippen LogP contribution in [-0.4, -0.2) is 63.4 Å². The number of hydrogen-bond acceptors (Lipinski definition) is 7. The topological polar surface area (TPSA) is 82.8 Å². The smallest absolute Gasteiger partial charge is 0.290 e. The highest BCUT2D eigenvalue weighted by molar-refractivity contribution is 8.18. The van der Waals surface area contributed by atoms with Crippen molar-refractivity contribution in [2.75, 3.05) is 37.6 Å². The highest BCUT2D eigenvalue weighted by atomic mass is 32.2. The number of fused-ring (bicyclic) bond motifs is 1. The lowest BCUT2D eigenvalue weighted by atomic mass is 10.1. The van der Waals surface area contributed by atoms with Crippen LogP contribution in [0, 0.1) is 0 Å². The maximum absolute atomic E-state index is 11.9. The molecule has 1 aromatic carbocycles. The molecule has 0 bridgehead atoms. The Hall–Kier alpha value is -3.17. The van der Waals surface area contributed by atoms with Gasteiger partial charge in [-0.3, -0.25) is 19.8 Å². The van der Waals surface area contributed by atoms with Gasteiger partial charge in [-0.15, -0.1) is 0 Å². The molecule has 2 aliphatic heterocycles. The Morgan fingerprint density at radius 3 is 2.31 bits per heavy atom. The summed E-state index contributed by atoms with van der Waals surface area (Å²) >= 11 is 0.889. The molecule has 39 heavy (non-hydrogen) atoms. The Morgan fingerprint density at radius 2 is 1.62 bits per heavy atom. The monoisotopic (exact) mass is 546 g/mol. The van der Waals surface area contributed by atoms with Crippen LogP contribution in [0.2, 0.25) is 0 Å². The van der Waals surface area contributed by atoms with Gasteiger partial charge in [0.15, 0.2) is 5.65 Å². The van der Waals surface area contributed by atoms with Gasteiger partial charge in [-0.1, -0.05) is 64.0 Å². The largest absolute Gasteiger partial charge is 0.369 e. The number of piperazine rings is 1. The number of rotatable bonds is 12. The van der Waals surface area contributed by atoms with Crippen LogP contribution in [0.15, 0.2) is 47.5 Å². The van der Waals surface area contributed by atoms with Gasteiger partial charge in [0.2, 0.25) is 0 Å². The molecule has 1 N–H and O–H groups in total. The molecule has 0 atom stereocenters. The number of carbonyl (C=O) groups excluding carboxylic acids is 2. The summed E-state index contributed by atoms with van der Waals surface area (Å²) in [5.41, 5.74) is 4.47. The lowest BCUT2D eigenvalue weighted by molar-refractivity contribution is -0.115. The van der Waals surface area contributed by atoms with Gasteiger partial charge in [-0.2, -0.15) is 5.10 Å². The van der Waals surface area contributed by atoms with Crippen molar-refractivity contribution in [1.29, 1.82) is 0 Å². The minimum atomic E-state index is -0.387. The molecule has 3 aromatic rings. The standard InChI is InChI=1S/C30H38N6O2S/c1-2-3-4-5-6-7-8-9-16-34-17-19-35(20-18-34)25-13-10-23(11-14-25)26-22-31-28-15-12-24(33-36(26)28)21-27-29(37)32-30(38)39-27/h10-15,21-22H,2-9,16-20H2,1H3,(H,32,37,38). The summed E-state index contributed by atoms with van der Waals surface area (Å²) in [6.45, 7) is 7.85. The van der Waals surface area contributed by atoms with E-state index in [4.69, 9.17) is 0 Å². The number of aromatic nitrogens is 3. The Bertz CT molecular complexity index is 1310. The fourth-order valence-corrected chi connectivity index (χ4v) is 5.93. The van der Waals surface area contributed by atoms with E-state index in [-0.39, 0.29) is 11.1 Å². The zero-order valence-electron chi connectivity index (χ0n) is 22.8. The second-order valence-corrected chi connectivity index (χ2v) is 11.4. The number of thioether (sulfide) groups is 1. The molecule has 2 saturated heterocycles. The average Bonchev–Trinajstić information content (AvgIpc) is 3.52. The minimum Gasteiger partial charge on any atom is -0.369 e. The third-order valence-electron chi connectivity index (χ3n) is 7.53. The number of hydrogen-bond donors (Lipinski definition) is 1. The van der Waals surface area contributed by atoms with E-state index in [1.165, 1.54) is 63.6 Å². The van der Waals surface area contributed by atoms with Crippen LogP contribution in [0.4, 0.5) is 10.5 Å². The van der Waals surface area contributed by atoms with Crippen molar-refractivity contribution in [3.63, 3.8) is 0 Å². The number of unbranched alkanes of at least 4 members (excludes halogenated alkanes) is 7. The van der Waals surface area contributed by atoms with Gasteiger partial charge < -0.3 is 4.90 Å². The molecule has 0 unspecified atom stereocenters. The summed E-state index contributed by atoms with van der Waals surface area (Å²) in [5, 5.41) is 6.58. The SMILES string of the molecule is CCCCCCCCCCN1CCN(c2ccc(-c3cnc4ccc(C=C5SC(=O)NC5=O)nn34)cc2)CC1. The molecule has 2 aliphatic rings. The molecule has 2 amide bonds. The first-order valence-corrected chi connectivity index (χ1v) is 15.1. The maximum atomic E-state index is 11.9. The number of imidazole rings is 1. The minimum absolute atomic E-state index is 0.343. The van der Waals surface area contributed by atoms with E-state index < -0.39 is 0 Å². The molecule has 0 radical (unpaired) electrons. The van der Waals surface area contributed by atoms with Crippen molar-refractivity contribution in [2.45, 2.75) is 58.3 Å². The Kier molecular flexibility index (Phi) is 9.32. The van der Waals surface area contributed by atoms with Crippen LogP contribution in [0.5, 0.6) is 0 Å². The number of amides is 2. The van der Waals surface area contributed by atoms with Gasteiger partial charge in [0.05, 0.1) is 22.5 Å². The number of nitrogens with one attached hydrogen (secondary N) is 1. The fourth-order valence-electron chi connectivity index (χ4n) is 5.26. The molecule has 2 fully saturated rings. The first-order chi connectivity index (χ1) is 19.1. The maximum Gasteiger partial charge on any atom is 0.290 e. The van der Waals surface area contributed by atoms with Crippen molar-refractivity contribution < 1.29 is 9.59 Å². The van der Waals surface area contributed by atoms with E-state index in [0.717, 1.165) is 54.8 Å². The quantitative estimate of drug-likeness (QED) is 0.221. The van der Waals surface area contributed by atoms with E-state index in [2.05, 4.69) is 56.4 Å². The first kappa shape index (κ1) is 27.4. The van der Waals surface area contributed by atoms with E-state index in [0.29, 0.717) is 10.6 Å². The molecule has 4 heterocycles. The summed E-state index contributed by atoms with van der Waals surface area (Å²) in [5.74, 6) is -0.387. The van der Waals surface area contributed by atoms with Gasteiger partial charge in [0.25, 0.3) is 11.1 Å². The van der Waals surface area contributed by atoms with Crippen molar-refractivity contribution >= 4 is 40.3 Å². The summed E-state index contributed by atoms with van der Waals surface area (Å²) in [7, 11) is 0. The fraction of sp³-hybridized carbons (Fsp3) is 0.467. The third kappa shape index (κ3) is 7.08. The van der Waals surface area contributed by atoms with E-state index >= 15 is 0 Å². The molecule has 5 rings (SSSR count). The number of nitrogens with zero attached hydrogens (tertiary/aromatic N) is 5. The number of benzene rings is 1. The van der Waals surface area contributed by atoms with Crippen LogP contribution < -0.4 is 10.2 Å². The molecule has 8 nitrogen and oxygen atoms in total. The van der Waals surface area contributed by atoms with Crippen LogP contribution in [0.1, 0.15) is 64.0 Å². The van der Waals surface area contributed by atoms with Gasteiger partial charge in [0, 0.05) is 37.4 Å². The predicted molar refractivity (Wildman–Crippen MR) is 159 cm³/mol. The van der Waals surface area contributed by atoms with Crippen LogP contribution in [0.3, 0.4) is 0 Å². The van der Waals surface area contributed by atoms with E-state index in [1.807, 2.05) is 12.3 Å². The summed E-state index contributed by atoms with van der Waals surface area (Å²) in [4.78, 5) is 33.3. The van der Waals surface area contributed by atoms with E-state index in [9.17, 15) is 9.59 Å². The highest BCUT2D eigenvalue weighted by Gasteiger charge is 2.25. The van der Waals surface area contributed by atoms with Crippen molar-refractivity contribution in [3.8, 4) is 11.3 Å². The molecule has 0 spiro atoms. The Morgan fingerprint density at radius 1 is 0.897 bits per heavy atom. The van der Waals surface area contributed by atoms with Crippen molar-refractivity contribution in [2.24, 2.45) is 0 Å². The van der Waals surface area contributed by atoms with Crippen molar-refractivity contribution in [1.82, 2.24) is 24.8 Å². The molecule has 9 heteroatoms. The third-order valence-corrected chi connectivity index (χ3v) is 8.34. The Labute approximate surface area is 234 Å². The van der Waals surface area contributed by atoms with Gasteiger partial charge in [-0.25, -0.2) is 9.50 Å². The van der Waals surface area contributed by atoms with Gasteiger partial charge in [-0.05, 0) is 55.1 Å². The molecule has 2 aromatic heterocycles. The Balaban J connectivity index is 1.14. The lowest BCUT2D eigenvalue weighted by Gasteiger charge is -2.36. The summed E-state index contributed by atoms with van der Waals surface area (Å²) in [6.07, 6.45) is 14.4. The molecular weight excluding hydrogens is 508 g/mol. The average molecular weight is 547 g/mol. The summed E-state index contributed by atoms with van der Waals surface area (Å²) < 4.78 is 1.78. The molecule has 0 aliphatic carbocycles. The number of anilines is 1. The molecule has 206 valence electrons. The lowest BCUT2D eigenvalue weighted by Crippen LogP contribution is -2.46. The summed E-state index contributed by atoms with van der Waals surface area (Å²) in [6, 6.07) is 12.3. The van der Waals surface area contributed by atoms with Crippen molar-refractivity contribution in [3.05, 3.63) is 53.2 Å². The zero-order valence-corrected chi connectivity index (χ0v) is 23.6. The zero-order chi connectivity index (χ0) is 27.0. The van der Waals surface area contributed by atoms with Crippen LogP contribution in [-0.2, 0) is 4.79 Å². The molecule has 0 saturated carbocycles. The first-order valence-electron chi connectivity index (χ1n) is 14.3. The predicted octanol–water partition coefficient (Wildman–Crippen LogP) is 5.98. The van der Waals surface area contributed by atoms with Gasteiger partial charge in [0.1, 0.15) is 0 Å². The normalized spacial score (nSPS) is 17.5. The van der Waals surface area contributed by atoms with Gasteiger partial charge >= 0.3 is 0 Å². The van der Waals surface area contributed by atoms with Crippen LogP contribution in [0.25, 0.3) is 23.0 Å². The van der Waals surface area contributed by atoms with Crippen LogP contribution >= 0.6 is 11.8 Å². The highest BCUT2D eigenvalue weighted by Crippen LogP contribution is 2.27. The molecular formula is C30H38N6O2S. The van der Waals surface area contributed by atoms with E-state index in [1.54, 1.807) is 16.7 Å². The number of carbonyl (C=O) groups is 2.